The van der Waals surface area contributed by atoms with Crippen molar-refractivity contribution in [1.29, 1.82) is 0 Å². The number of morpholine rings is 1. The van der Waals surface area contributed by atoms with E-state index in [0.29, 0.717) is 24.7 Å². The van der Waals surface area contributed by atoms with E-state index in [1.54, 1.807) is 7.11 Å². The summed E-state index contributed by atoms with van der Waals surface area (Å²) in [5.74, 6) is 1.51. The van der Waals surface area contributed by atoms with Gasteiger partial charge in [-0.05, 0) is 36.5 Å². The summed E-state index contributed by atoms with van der Waals surface area (Å²) in [5.41, 5.74) is 1.33. The number of benzene rings is 1. The highest BCUT2D eigenvalue weighted by Gasteiger charge is 2.40. The number of ether oxygens (including phenoxy) is 3. The van der Waals surface area contributed by atoms with Crippen molar-refractivity contribution in [2.45, 2.75) is 31.5 Å². The van der Waals surface area contributed by atoms with E-state index in [-0.39, 0.29) is 0 Å². The van der Waals surface area contributed by atoms with Crippen LogP contribution in [0.4, 0.5) is 0 Å². The van der Waals surface area contributed by atoms with Gasteiger partial charge in [-0.15, -0.1) is 6.58 Å². The van der Waals surface area contributed by atoms with Crippen molar-refractivity contribution in [2.24, 2.45) is 5.92 Å². The predicted octanol–water partition coefficient (Wildman–Crippen LogP) is 2.88. The number of rotatable bonds is 7. The number of hydrogen-bond donors (Lipinski definition) is 0. The summed E-state index contributed by atoms with van der Waals surface area (Å²) in [6.45, 7) is 7.98. The smallest absolute Gasteiger partial charge is 0.118 e. The van der Waals surface area contributed by atoms with Gasteiger partial charge in [-0.25, -0.2) is 0 Å². The molecule has 2 fully saturated rings. The minimum Gasteiger partial charge on any atom is -0.497 e. The summed E-state index contributed by atoms with van der Waals surface area (Å²) >= 11 is 0. The van der Waals surface area contributed by atoms with E-state index in [0.717, 1.165) is 44.9 Å². The minimum absolute atomic E-state index is 0.360. The fourth-order valence-corrected chi connectivity index (χ4v) is 3.74. The zero-order valence-electron chi connectivity index (χ0n) is 13.9. The van der Waals surface area contributed by atoms with Gasteiger partial charge in [0.1, 0.15) is 5.75 Å². The molecule has 4 heteroatoms. The third-order valence-electron chi connectivity index (χ3n) is 4.88. The van der Waals surface area contributed by atoms with Crippen LogP contribution in [0.2, 0.25) is 0 Å². The largest absolute Gasteiger partial charge is 0.497 e. The molecule has 1 aliphatic heterocycles. The van der Waals surface area contributed by atoms with Crippen molar-refractivity contribution in [3.8, 4) is 5.75 Å². The maximum Gasteiger partial charge on any atom is 0.118 e. The monoisotopic (exact) mass is 317 g/mol. The molecule has 4 nitrogen and oxygen atoms in total. The molecular formula is C19H27NO3. The SMILES string of the molecule is C=CCOC[C@@H]1C[C@@H]2[C@@H](C1)OCCN2Cc1ccc(OC)cc1. The van der Waals surface area contributed by atoms with E-state index in [4.69, 9.17) is 14.2 Å². The fourth-order valence-electron chi connectivity index (χ4n) is 3.74. The average Bonchev–Trinajstić information content (AvgIpc) is 3.00. The second kappa shape index (κ2) is 7.95. The summed E-state index contributed by atoms with van der Waals surface area (Å²) in [4.78, 5) is 2.57. The highest BCUT2D eigenvalue weighted by atomic mass is 16.5. The molecule has 1 aliphatic carbocycles. The molecule has 126 valence electrons. The zero-order chi connectivity index (χ0) is 16.1. The Morgan fingerprint density at radius 2 is 2.13 bits per heavy atom. The molecule has 0 unspecified atom stereocenters. The lowest BCUT2D eigenvalue weighted by Crippen LogP contribution is -2.47. The predicted molar refractivity (Wildman–Crippen MR) is 90.7 cm³/mol. The van der Waals surface area contributed by atoms with Crippen LogP contribution in [-0.2, 0) is 16.0 Å². The van der Waals surface area contributed by atoms with Crippen LogP contribution < -0.4 is 4.74 Å². The van der Waals surface area contributed by atoms with Crippen molar-refractivity contribution < 1.29 is 14.2 Å². The van der Waals surface area contributed by atoms with Gasteiger partial charge in [0.25, 0.3) is 0 Å². The van der Waals surface area contributed by atoms with Crippen molar-refractivity contribution >= 4 is 0 Å². The molecule has 0 N–H and O–H groups in total. The lowest BCUT2D eigenvalue weighted by atomic mass is 10.1. The van der Waals surface area contributed by atoms with Gasteiger partial charge in [-0.2, -0.15) is 0 Å². The molecule has 2 aliphatic rings. The van der Waals surface area contributed by atoms with Gasteiger partial charge in [0.15, 0.2) is 0 Å². The Balaban J connectivity index is 1.57. The standard InChI is InChI=1S/C19H27NO3/c1-3-9-22-14-16-11-18-19(12-16)23-10-8-20(18)13-15-4-6-17(21-2)7-5-15/h3-7,16,18-19H,1,8-14H2,2H3/t16-,18-,19-/m1/s1. The molecule has 1 aromatic rings. The van der Waals surface area contributed by atoms with Gasteiger partial charge >= 0.3 is 0 Å². The Kier molecular flexibility index (Phi) is 5.70. The van der Waals surface area contributed by atoms with Crippen molar-refractivity contribution in [3.63, 3.8) is 0 Å². The first kappa shape index (κ1) is 16.5. The van der Waals surface area contributed by atoms with Crippen molar-refractivity contribution in [1.82, 2.24) is 4.90 Å². The quantitative estimate of drug-likeness (QED) is 0.571. The molecule has 3 atom stereocenters. The third kappa shape index (κ3) is 4.14. The number of methoxy groups -OCH3 is 1. The van der Waals surface area contributed by atoms with Gasteiger partial charge in [0, 0.05) is 25.7 Å². The first-order valence-electron chi connectivity index (χ1n) is 8.47. The van der Waals surface area contributed by atoms with Gasteiger partial charge in [-0.1, -0.05) is 18.2 Å². The van der Waals surface area contributed by atoms with E-state index in [9.17, 15) is 0 Å². The van der Waals surface area contributed by atoms with Crippen molar-refractivity contribution in [3.05, 3.63) is 42.5 Å². The normalized spacial score (nSPS) is 27.6. The van der Waals surface area contributed by atoms with E-state index in [1.807, 2.05) is 18.2 Å². The maximum atomic E-state index is 6.01. The summed E-state index contributed by atoms with van der Waals surface area (Å²) in [5, 5.41) is 0. The lowest BCUT2D eigenvalue weighted by Gasteiger charge is -2.37. The molecule has 0 radical (unpaired) electrons. The van der Waals surface area contributed by atoms with Crippen LogP contribution in [0, 0.1) is 5.92 Å². The lowest BCUT2D eigenvalue weighted by molar-refractivity contribution is -0.0591. The summed E-state index contributed by atoms with van der Waals surface area (Å²) < 4.78 is 16.9. The van der Waals surface area contributed by atoms with E-state index < -0.39 is 0 Å². The molecule has 3 rings (SSSR count). The Morgan fingerprint density at radius 3 is 2.87 bits per heavy atom. The highest BCUT2D eigenvalue weighted by molar-refractivity contribution is 5.27. The first-order valence-corrected chi connectivity index (χ1v) is 8.47. The molecule has 0 spiro atoms. The topological polar surface area (TPSA) is 30.9 Å². The van der Waals surface area contributed by atoms with Crippen LogP contribution >= 0.6 is 0 Å². The summed E-state index contributed by atoms with van der Waals surface area (Å²) in [7, 11) is 1.70. The van der Waals surface area contributed by atoms with Gasteiger partial charge in [0.2, 0.25) is 0 Å². The number of nitrogens with zero attached hydrogens (tertiary/aromatic N) is 1. The van der Waals surface area contributed by atoms with Gasteiger partial charge < -0.3 is 14.2 Å². The highest BCUT2D eigenvalue weighted by Crippen LogP contribution is 2.35. The van der Waals surface area contributed by atoms with Crippen LogP contribution in [0.3, 0.4) is 0 Å². The molecule has 0 aromatic heterocycles. The minimum atomic E-state index is 0.360. The molecule has 1 aromatic carbocycles. The Bertz CT molecular complexity index is 502. The first-order chi connectivity index (χ1) is 11.3. The van der Waals surface area contributed by atoms with E-state index in [1.165, 1.54) is 5.56 Å². The Morgan fingerprint density at radius 1 is 1.30 bits per heavy atom. The molecule has 23 heavy (non-hydrogen) atoms. The van der Waals surface area contributed by atoms with Crippen LogP contribution in [0.1, 0.15) is 18.4 Å². The fraction of sp³-hybridized carbons (Fsp3) is 0.579. The Labute approximate surface area is 139 Å². The van der Waals surface area contributed by atoms with Gasteiger partial charge in [-0.3, -0.25) is 4.90 Å². The summed E-state index contributed by atoms with van der Waals surface area (Å²) in [6, 6.07) is 8.90. The number of hydrogen-bond acceptors (Lipinski definition) is 4. The van der Waals surface area contributed by atoms with E-state index >= 15 is 0 Å². The Hall–Kier alpha value is -1.36. The third-order valence-corrected chi connectivity index (χ3v) is 4.88. The zero-order valence-corrected chi connectivity index (χ0v) is 13.9. The molecule has 1 heterocycles. The van der Waals surface area contributed by atoms with Crippen LogP contribution in [-0.4, -0.2) is 50.5 Å². The van der Waals surface area contributed by atoms with E-state index in [2.05, 4.69) is 23.6 Å². The molecule has 0 bridgehead atoms. The van der Waals surface area contributed by atoms with Crippen LogP contribution in [0.5, 0.6) is 5.75 Å². The molecular weight excluding hydrogens is 290 g/mol. The molecule has 1 saturated heterocycles. The van der Waals surface area contributed by atoms with Crippen LogP contribution in [0.15, 0.2) is 36.9 Å². The summed E-state index contributed by atoms with van der Waals surface area (Å²) in [6.07, 6.45) is 4.45. The van der Waals surface area contributed by atoms with Gasteiger partial charge in [0.05, 0.1) is 26.4 Å². The maximum absolute atomic E-state index is 6.01. The number of fused-ring (bicyclic) bond motifs is 1. The van der Waals surface area contributed by atoms with Crippen molar-refractivity contribution in [2.75, 3.05) is 33.5 Å². The molecule has 1 saturated carbocycles. The average molecular weight is 317 g/mol. The molecule has 0 amide bonds. The second-order valence-electron chi connectivity index (χ2n) is 6.46. The second-order valence-corrected chi connectivity index (χ2v) is 6.46. The van der Waals surface area contributed by atoms with Crippen LogP contribution in [0.25, 0.3) is 0 Å².